The van der Waals surface area contributed by atoms with Crippen LogP contribution in [0.15, 0.2) is 77.9 Å². The summed E-state index contributed by atoms with van der Waals surface area (Å²) in [6, 6.07) is 22.2. The third-order valence-electron chi connectivity index (χ3n) is 12.2. The van der Waals surface area contributed by atoms with Gasteiger partial charge in [0.25, 0.3) is 0 Å². The van der Waals surface area contributed by atoms with E-state index in [2.05, 4.69) is 94.4 Å². The normalized spacial score (nSPS) is 21.0. The molecule has 1 saturated carbocycles. The molecular formula is C43H48. The average molecular weight is 565 g/mol. The molecule has 43 heavy (non-hydrogen) atoms. The highest BCUT2D eigenvalue weighted by atomic mass is 14.5. The topological polar surface area (TPSA) is 0 Å². The van der Waals surface area contributed by atoms with Crippen LogP contribution in [0.2, 0.25) is 0 Å². The summed E-state index contributed by atoms with van der Waals surface area (Å²) in [4.78, 5) is 0. The minimum atomic E-state index is -0.0945. The van der Waals surface area contributed by atoms with Gasteiger partial charge in [-0.15, -0.1) is 0 Å². The molecule has 1 spiro atoms. The maximum atomic E-state index is 2.78. The van der Waals surface area contributed by atoms with E-state index in [1.807, 2.05) is 0 Å². The highest BCUT2D eigenvalue weighted by Crippen LogP contribution is 2.62. The van der Waals surface area contributed by atoms with Crippen LogP contribution in [0.4, 0.5) is 0 Å². The highest BCUT2D eigenvalue weighted by Gasteiger charge is 2.48. The fourth-order valence-corrected chi connectivity index (χ4v) is 10.0. The molecule has 4 aromatic rings. The lowest BCUT2D eigenvalue weighted by Crippen LogP contribution is -2.29. The van der Waals surface area contributed by atoms with Gasteiger partial charge in [-0.05, 0) is 135 Å². The molecule has 4 aliphatic rings. The molecule has 8 rings (SSSR count). The lowest BCUT2D eigenvalue weighted by atomic mass is 9.65. The molecule has 0 bridgehead atoms. The van der Waals surface area contributed by atoms with Crippen molar-refractivity contribution in [1.82, 2.24) is 0 Å². The van der Waals surface area contributed by atoms with E-state index < -0.39 is 0 Å². The predicted molar refractivity (Wildman–Crippen MR) is 185 cm³/mol. The first-order valence-electron chi connectivity index (χ1n) is 17.7. The predicted octanol–water partition coefficient (Wildman–Crippen LogP) is 12.3. The summed E-state index contributed by atoms with van der Waals surface area (Å²) in [6.45, 7) is 9.59. The van der Waals surface area contributed by atoms with Crippen molar-refractivity contribution in [2.24, 2.45) is 11.8 Å². The molecule has 4 aromatic carbocycles. The van der Waals surface area contributed by atoms with Gasteiger partial charge in [0, 0.05) is 5.41 Å². The minimum absolute atomic E-state index is 0.0945. The zero-order chi connectivity index (χ0) is 29.3. The van der Waals surface area contributed by atoms with E-state index >= 15 is 0 Å². The molecule has 220 valence electrons. The Kier molecular flexibility index (Phi) is 6.70. The van der Waals surface area contributed by atoms with Crippen molar-refractivity contribution in [3.8, 4) is 11.1 Å². The fourth-order valence-electron chi connectivity index (χ4n) is 10.0. The van der Waals surface area contributed by atoms with Crippen molar-refractivity contribution >= 4 is 21.5 Å². The van der Waals surface area contributed by atoms with Crippen LogP contribution in [0.5, 0.6) is 0 Å². The van der Waals surface area contributed by atoms with Gasteiger partial charge in [-0.1, -0.05) is 119 Å². The number of allylic oxidation sites excluding steroid dienone is 4. The maximum absolute atomic E-state index is 2.78. The number of hydrogen-bond donors (Lipinski definition) is 0. The molecule has 0 aromatic heterocycles. The van der Waals surface area contributed by atoms with Gasteiger partial charge in [0.2, 0.25) is 0 Å². The number of fused-ring (bicyclic) bond motifs is 4. The Bertz CT molecular complexity index is 1800. The first kappa shape index (κ1) is 27.4. The summed E-state index contributed by atoms with van der Waals surface area (Å²) < 4.78 is 0. The van der Waals surface area contributed by atoms with Gasteiger partial charge in [0.15, 0.2) is 0 Å². The maximum Gasteiger partial charge on any atom is 0.0443 e. The highest BCUT2D eigenvalue weighted by molar-refractivity contribution is 6.11. The molecule has 1 unspecified atom stereocenters. The summed E-state index contributed by atoms with van der Waals surface area (Å²) in [5.41, 5.74) is 14.3. The summed E-state index contributed by atoms with van der Waals surface area (Å²) >= 11 is 0. The zero-order valence-electron chi connectivity index (χ0n) is 26.9. The summed E-state index contributed by atoms with van der Waals surface area (Å²) in [7, 11) is 0. The van der Waals surface area contributed by atoms with Crippen molar-refractivity contribution in [1.29, 1.82) is 0 Å². The second-order valence-corrected chi connectivity index (χ2v) is 14.3. The van der Waals surface area contributed by atoms with Crippen molar-refractivity contribution < 1.29 is 0 Å². The van der Waals surface area contributed by atoms with Crippen molar-refractivity contribution in [3.63, 3.8) is 0 Å². The Morgan fingerprint density at radius 1 is 0.744 bits per heavy atom. The van der Waals surface area contributed by atoms with Gasteiger partial charge in [0.05, 0.1) is 0 Å². The average Bonchev–Trinajstić information content (AvgIpc) is 3.32. The van der Waals surface area contributed by atoms with Gasteiger partial charge in [-0.3, -0.25) is 0 Å². The molecule has 0 nitrogen and oxygen atoms in total. The van der Waals surface area contributed by atoms with E-state index in [1.165, 1.54) is 73.9 Å². The molecule has 0 radical (unpaired) electrons. The number of benzene rings is 4. The van der Waals surface area contributed by atoms with E-state index in [0.29, 0.717) is 11.8 Å². The Labute approximate surface area is 259 Å². The summed E-state index contributed by atoms with van der Waals surface area (Å²) in [5.74, 6) is 2.00. The molecule has 0 heterocycles. The summed E-state index contributed by atoms with van der Waals surface area (Å²) in [5, 5.41) is 5.94. The molecule has 1 fully saturated rings. The largest absolute Gasteiger partial charge is 0.0657 e. The number of hydrogen-bond acceptors (Lipinski definition) is 0. The van der Waals surface area contributed by atoms with Gasteiger partial charge >= 0.3 is 0 Å². The Balaban J connectivity index is 1.45. The van der Waals surface area contributed by atoms with Crippen LogP contribution in [0.25, 0.3) is 32.7 Å². The third kappa shape index (κ3) is 4.01. The SMILES string of the molecule is CCC(CC)C1=CC2(CC(C(CC)CC)=C1)c1ccc3cc(C4CCCCC4)cc4c3c1-c1c(cc3ccccc3c12)C4. The van der Waals surface area contributed by atoms with Gasteiger partial charge in [-0.2, -0.15) is 0 Å². The molecule has 0 amide bonds. The molecule has 0 aliphatic heterocycles. The molecule has 0 heteroatoms. The fraction of sp³-hybridized carbons (Fsp3) is 0.442. The van der Waals surface area contributed by atoms with Crippen LogP contribution in [0, 0.1) is 11.8 Å². The van der Waals surface area contributed by atoms with Crippen LogP contribution in [-0.2, 0) is 11.8 Å². The minimum Gasteiger partial charge on any atom is -0.0657 e. The van der Waals surface area contributed by atoms with Gasteiger partial charge in [0.1, 0.15) is 0 Å². The van der Waals surface area contributed by atoms with Gasteiger partial charge in [-0.25, -0.2) is 0 Å². The second-order valence-electron chi connectivity index (χ2n) is 14.3. The first-order valence-corrected chi connectivity index (χ1v) is 17.7. The second kappa shape index (κ2) is 10.5. The molecule has 1 atom stereocenters. The Morgan fingerprint density at radius 2 is 1.51 bits per heavy atom. The smallest absolute Gasteiger partial charge is 0.0443 e. The van der Waals surface area contributed by atoms with Gasteiger partial charge < -0.3 is 0 Å². The molecule has 0 N–H and O–H groups in total. The van der Waals surface area contributed by atoms with Crippen LogP contribution >= 0.6 is 0 Å². The number of rotatable bonds is 7. The monoisotopic (exact) mass is 564 g/mol. The standard InChI is InChI=1S/C43H48/c1-5-27(6-2)35-24-36(28(7-3)8-4)26-43(25-35)38-19-18-31-21-32(29-14-10-9-11-15-29)22-33-23-34-20-30-16-12-13-17-37(30)42(43)40(34)41(38)39(31)33/h12-13,16-22,24-25,27-29H,5-11,14-15,23,26H2,1-4H3. The zero-order valence-corrected chi connectivity index (χ0v) is 26.9. The molecular weight excluding hydrogens is 516 g/mol. The van der Waals surface area contributed by atoms with E-state index in [4.69, 9.17) is 0 Å². The first-order chi connectivity index (χ1) is 21.1. The lowest BCUT2D eigenvalue weighted by Gasteiger charge is -2.38. The van der Waals surface area contributed by atoms with Crippen LogP contribution in [-0.4, -0.2) is 0 Å². The van der Waals surface area contributed by atoms with E-state index in [-0.39, 0.29) is 5.41 Å². The van der Waals surface area contributed by atoms with Crippen LogP contribution in [0.1, 0.15) is 126 Å². The quantitative estimate of drug-likeness (QED) is 0.184. The molecule has 0 saturated heterocycles. The summed E-state index contributed by atoms with van der Waals surface area (Å²) in [6.07, 6.45) is 19.4. The third-order valence-corrected chi connectivity index (χ3v) is 12.2. The van der Waals surface area contributed by atoms with Crippen LogP contribution in [0.3, 0.4) is 0 Å². The Hall–Kier alpha value is -3.12. The Morgan fingerprint density at radius 3 is 2.28 bits per heavy atom. The van der Waals surface area contributed by atoms with E-state index in [9.17, 15) is 0 Å². The van der Waals surface area contributed by atoms with E-state index in [0.717, 1.165) is 18.8 Å². The lowest BCUT2D eigenvalue weighted by molar-refractivity contribution is 0.444. The van der Waals surface area contributed by atoms with Crippen molar-refractivity contribution in [2.75, 3.05) is 0 Å². The van der Waals surface area contributed by atoms with Crippen molar-refractivity contribution in [3.05, 3.63) is 106 Å². The van der Waals surface area contributed by atoms with E-state index in [1.54, 1.807) is 55.5 Å². The van der Waals surface area contributed by atoms with Crippen molar-refractivity contribution in [2.45, 2.75) is 110 Å². The van der Waals surface area contributed by atoms with Crippen LogP contribution < -0.4 is 0 Å². The molecule has 4 aliphatic carbocycles.